The van der Waals surface area contributed by atoms with Crippen LogP contribution < -0.4 is 5.32 Å². The van der Waals surface area contributed by atoms with Crippen LogP contribution in [0.3, 0.4) is 0 Å². The highest BCUT2D eigenvalue weighted by Crippen LogP contribution is 2.18. The number of ether oxygens (including phenoxy) is 1. The Labute approximate surface area is 127 Å². The number of rotatable bonds is 7. The van der Waals surface area contributed by atoms with Gasteiger partial charge < -0.3 is 19.4 Å². The zero-order valence-corrected chi connectivity index (χ0v) is 12.3. The zero-order valence-electron chi connectivity index (χ0n) is 12.3. The second kappa shape index (κ2) is 7.44. The summed E-state index contributed by atoms with van der Waals surface area (Å²) in [5.41, 5.74) is 0. The highest BCUT2D eigenvalue weighted by Gasteiger charge is 2.24. The Bertz CT molecular complexity index is 560. The minimum Gasteiger partial charge on any atom is -0.465 e. The van der Waals surface area contributed by atoms with Gasteiger partial charge in [-0.05, 0) is 31.1 Å². The summed E-state index contributed by atoms with van der Waals surface area (Å²) in [5.74, 6) is -0.786. The van der Waals surface area contributed by atoms with Crippen molar-refractivity contribution in [3.8, 4) is 0 Å². The second-order valence-corrected chi connectivity index (χ2v) is 5.05. The average Bonchev–Trinajstić information content (AvgIpc) is 3.13. The molecule has 0 aliphatic heterocycles. The van der Waals surface area contributed by atoms with Crippen LogP contribution in [-0.4, -0.2) is 48.9 Å². The van der Waals surface area contributed by atoms with E-state index >= 15 is 0 Å². The van der Waals surface area contributed by atoms with Crippen LogP contribution in [0.2, 0.25) is 0 Å². The van der Waals surface area contributed by atoms with E-state index in [2.05, 4.69) is 5.32 Å². The largest absolute Gasteiger partial charge is 0.465 e. The van der Waals surface area contributed by atoms with Crippen molar-refractivity contribution in [3.05, 3.63) is 30.2 Å². The summed E-state index contributed by atoms with van der Waals surface area (Å²) in [6.07, 6.45) is 6.08. The molecule has 0 radical (unpaired) electrons. The molecule has 7 nitrogen and oxygen atoms in total. The Morgan fingerprint density at radius 1 is 1.45 bits per heavy atom. The van der Waals surface area contributed by atoms with Gasteiger partial charge in [-0.1, -0.05) is 0 Å². The summed E-state index contributed by atoms with van der Waals surface area (Å²) in [7, 11) is 1.49. The molecule has 1 N–H and O–H groups in total. The molecular weight excluding hydrogens is 288 g/mol. The van der Waals surface area contributed by atoms with E-state index < -0.39 is 18.5 Å². The van der Waals surface area contributed by atoms with Crippen molar-refractivity contribution >= 4 is 23.9 Å². The number of carbonyl (C=O) groups is 3. The van der Waals surface area contributed by atoms with Crippen LogP contribution in [0.4, 0.5) is 0 Å². The Morgan fingerprint density at radius 3 is 2.86 bits per heavy atom. The first-order chi connectivity index (χ1) is 10.5. The lowest BCUT2D eigenvalue weighted by Crippen LogP contribution is -2.40. The molecule has 0 saturated heterocycles. The number of nitrogens with one attached hydrogen (secondary N) is 1. The van der Waals surface area contributed by atoms with Crippen LogP contribution in [0, 0.1) is 0 Å². The van der Waals surface area contributed by atoms with Gasteiger partial charge in [0.1, 0.15) is 5.76 Å². The van der Waals surface area contributed by atoms with E-state index in [9.17, 15) is 14.4 Å². The van der Waals surface area contributed by atoms with Crippen LogP contribution in [0.15, 0.2) is 28.9 Å². The molecule has 0 bridgehead atoms. The monoisotopic (exact) mass is 306 g/mol. The van der Waals surface area contributed by atoms with E-state index in [-0.39, 0.29) is 18.5 Å². The van der Waals surface area contributed by atoms with Crippen molar-refractivity contribution in [2.45, 2.75) is 18.9 Å². The lowest BCUT2D eigenvalue weighted by atomic mass is 10.4. The molecule has 1 aromatic heterocycles. The van der Waals surface area contributed by atoms with Crippen molar-refractivity contribution < 1.29 is 23.5 Å². The molecule has 2 rings (SSSR count). The first kappa shape index (κ1) is 15.8. The van der Waals surface area contributed by atoms with Gasteiger partial charge in [-0.3, -0.25) is 9.59 Å². The summed E-state index contributed by atoms with van der Waals surface area (Å²) in [6.45, 7) is -0.455. The number of furan rings is 1. The number of nitrogens with zero attached hydrogens (tertiary/aromatic N) is 1. The van der Waals surface area contributed by atoms with E-state index in [0.29, 0.717) is 5.76 Å². The summed E-state index contributed by atoms with van der Waals surface area (Å²) in [4.78, 5) is 36.0. The maximum absolute atomic E-state index is 11.7. The number of amides is 2. The van der Waals surface area contributed by atoms with Crippen LogP contribution in [0.5, 0.6) is 0 Å². The Hall–Kier alpha value is -2.57. The Kier molecular flexibility index (Phi) is 5.35. The van der Waals surface area contributed by atoms with E-state index in [1.165, 1.54) is 30.4 Å². The van der Waals surface area contributed by atoms with Gasteiger partial charge in [0.15, 0.2) is 6.61 Å². The number of hydrogen-bond acceptors (Lipinski definition) is 5. The smallest absolute Gasteiger partial charge is 0.331 e. The maximum Gasteiger partial charge on any atom is 0.331 e. The Balaban J connectivity index is 1.67. The molecule has 1 fully saturated rings. The van der Waals surface area contributed by atoms with Gasteiger partial charge in [0.05, 0.1) is 12.8 Å². The third-order valence-corrected chi connectivity index (χ3v) is 3.01. The van der Waals surface area contributed by atoms with Crippen molar-refractivity contribution in [1.82, 2.24) is 10.2 Å². The number of likely N-dealkylation sites (N-methyl/N-ethyl adjacent to an activating group) is 1. The third-order valence-electron chi connectivity index (χ3n) is 3.01. The molecule has 1 aromatic rings. The molecule has 2 amide bonds. The molecule has 1 aliphatic rings. The number of carbonyl (C=O) groups excluding carboxylic acids is 3. The van der Waals surface area contributed by atoms with E-state index in [0.717, 1.165) is 12.8 Å². The van der Waals surface area contributed by atoms with Crippen LogP contribution in [0.25, 0.3) is 6.08 Å². The van der Waals surface area contributed by atoms with E-state index in [1.54, 1.807) is 12.1 Å². The SMILES string of the molecule is CN(CC(=O)NC1CC1)C(=O)COC(=O)/C=C/c1ccco1. The van der Waals surface area contributed by atoms with Gasteiger partial charge in [0.25, 0.3) is 5.91 Å². The molecule has 1 aliphatic carbocycles. The minimum atomic E-state index is -0.652. The van der Waals surface area contributed by atoms with Gasteiger partial charge in [-0.25, -0.2) is 4.79 Å². The lowest BCUT2D eigenvalue weighted by molar-refractivity contribution is -0.148. The molecule has 22 heavy (non-hydrogen) atoms. The van der Waals surface area contributed by atoms with E-state index in [4.69, 9.17) is 9.15 Å². The number of esters is 1. The summed E-state index contributed by atoms with van der Waals surface area (Å²) in [5, 5.41) is 2.78. The molecule has 0 spiro atoms. The topological polar surface area (TPSA) is 88.9 Å². The van der Waals surface area contributed by atoms with Crippen molar-refractivity contribution in [2.75, 3.05) is 20.2 Å². The van der Waals surface area contributed by atoms with Crippen molar-refractivity contribution in [1.29, 1.82) is 0 Å². The fourth-order valence-electron chi connectivity index (χ4n) is 1.63. The number of hydrogen-bond donors (Lipinski definition) is 1. The quantitative estimate of drug-likeness (QED) is 0.588. The van der Waals surface area contributed by atoms with Gasteiger partial charge in [0, 0.05) is 19.2 Å². The van der Waals surface area contributed by atoms with Crippen LogP contribution in [-0.2, 0) is 19.1 Å². The fraction of sp³-hybridized carbons (Fsp3) is 0.400. The highest BCUT2D eigenvalue weighted by molar-refractivity contribution is 5.90. The second-order valence-electron chi connectivity index (χ2n) is 5.05. The molecule has 0 aromatic carbocycles. The molecule has 1 saturated carbocycles. The van der Waals surface area contributed by atoms with Gasteiger partial charge >= 0.3 is 5.97 Å². The van der Waals surface area contributed by atoms with Crippen LogP contribution in [0.1, 0.15) is 18.6 Å². The van der Waals surface area contributed by atoms with Gasteiger partial charge in [0.2, 0.25) is 5.91 Å². The standard InChI is InChI=1S/C15H18N2O5/c1-17(9-13(18)16-11-4-5-11)14(19)10-22-15(20)7-6-12-3-2-8-21-12/h2-3,6-8,11H,4-5,9-10H2,1H3,(H,16,18)/b7-6+. The predicted molar refractivity (Wildman–Crippen MR) is 77.5 cm³/mol. The first-order valence-electron chi connectivity index (χ1n) is 6.96. The average molecular weight is 306 g/mol. The van der Waals surface area contributed by atoms with Crippen molar-refractivity contribution in [3.63, 3.8) is 0 Å². The normalized spacial score (nSPS) is 13.9. The molecule has 0 unspecified atom stereocenters. The predicted octanol–water partition coefficient (Wildman–Crippen LogP) is 0.573. The Morgan fingerprint density at radius 2 is 2.23 bits per heavy atom. The van der Waals surface area contributed by atoms with E-state index in [1.807, 2.05) is 0 Å². The summed E-state index contributed by atoms with van der Waals surface area (Å²) >= 11 is 0. The molecular formula is C15H18N2O5. The zero-order chi connectivity index (χ0) is 15.9. The molecule has 0 atom stereocenters. The molecule has 7 heteroatoms. The lowest BCUT2D eigenvalue weighted by Gasteiger charge is -2.16. The third kappa shape index (κ3) is 5.43. The summed E-state index contributed by atoms with van der Waals surface area (Å²) in [6, 6.07) is 3.62. The highest BCUT2D eigenvalue weighted by atomic mass is 16.5. The van der Waals surface area contributed by atoms with Crippen LogP contribution >= 0.6 is 0 Å². The molecule has 118 valence electrons. The fourth-order valence-corrected chi connectivity index (χ4v) is 1.63. The van der Waals surface area contributed by atoms with Gasteiger partial charge in [-0.15, -0.1) is 0 Å². The van der Waals surface area contributed by atoms with Crippen molar-refractivity contribution in [2.24, 2.45) is 0 Å². The molecule has 1 heterocycles. The van der Waals surface area contributed by atoms with Gasteiger partial charge in [-0.2, -0.15) is 0 Å². The summed E-state index contributed by atoms with van der Waals surface area (Å²) < 4.78 is 9.82. The first-order valence-corrected chi connectivity index (χ1v) is 6.96. The minimum absolute atomic E-state index is 0.0465. The maximum atomic E-state index is 11.7.